The van der Waals surface area contributed by atoms with Crippen molar-refractivity contribution in [1.82, 2.24) is 0 Å². The normalized spacial score (nSPS) is 12.4. The Morgan fingerprint density at radius 1 is 1.38 bits per heavy atom. The maximum Gasteiger partial charge on any atom is 0.444 e. The number of halogens is 5. The Hall–Kier alpha value is -1.61. The maximum absolute atomic E-state index is 13.1. The van der Waals surface area contributed by atoms with Crippen LogP contribution in [0.4, 0.5) is 23.2 Å². The van der Waals surface area contributed by atoms with Crippen LogP contribution in [-0.2, 0) is 0 Å². The number of nitriles is 1. The zero-order chi connectivity index (χ0) is 12.3. The summed E-state index contributed by atoms with van der Waals surface area (Å²) in [6, 6.07) is 4.74. The summed E-state index contributed by atoms with van der Waals surface area (Å²) in [7, 11) is 0. The van der Waals surface area contributed by atoms with Crippen LogP contribution >= 0.6 is 11.6 Å². The number of para-hydroxylation sites is 1. The molecule has 7 heteroatoms. The highest BCUT2D eigenvalue weighted by atomic mass is 35.5. The molecule has 0 bridgehead atoms. The fraction of sp³-hybridized carbons (Fsp3) is 0.111. The summed E-state index contributed by atoms with van der Waals surface area (Å²) in [6.45, 7) is 0. The van der Waals surface area contributed by atoms with E-state index in [1.54, 1.807) is 0 Å². The number of hydrogen-bond acceptors (Lipinski definition) is 2. The average Bonchev–Trinajstić information content (AvgIpc) is 2.19. The Balaban J connectivity index is 3.31. The second-order valence-corrected chi connectivity index (χ2v) is 3.01. The molecular formula is C9H3ClF4N2. The zero-order valence-corrected chi connectivity index (χ0v) is 8.27. The standard InChI is InChI=1S/C9H3ClF4N2/c10-8(9(12,13)14)16-7-5(4-15)2-1-3-6(7)11/h1-3H. The van der Waals surface area contributed by atoms with Crippen molar-refractivity contribution in [3.8, 4) is 6.07 Å². The van der Waals surface area contributed by atoms with E-state index < -0.39 is 22.9 Å². The van der Waals surface area contributed by atoms with Crippen molar-refractivity contribution in [3.05, 3.63) is 29.6 Å². The summed E-state index contributed by atoms with van der Waals surface area (Å²) in [6.07, 6.45) is -4.86. The van der Waals surface area contributed by atoms with Crippen molar-refractivity contribution in [3.63, 3.8) is 0 Å². The number of hydrogen-bond donors (Lipinski definition) is 0. The van der Waals surface area contributed by atoms with Gasteiger partial charge >= 0.3 is 6.18 Å². The predicted molar refractivity (Wildman–Crippen MR) is 50.1 cm³/mol. The smallest absolute Gasteiger partial charge is 0.228 e. The predicted octanol–water partition coefficient (Wildman–Crippen LogP) is 3.53. The molecule has 0 radical (unpaired) electrons. The summed E-state index contributed by atoms with van der Waals surface area (Å²) >= 11 is 4.84. The summed E-state index contributed by atoms with van der Waals surface area (Å²) in [5, 5.41) is 6.82. The molecule has 84 valence electrons. The van der Waals surface area contributed by atoms with Crippen LogP contribution in [0.3, 0.4) is 0 Å². The molecule has 0 aromatic heterocycles. The summed E-state index contributed by atoms with van der Waals surface area (Å²) in [5.41, 5.74) is -1.03. The minimum Gasteiger partial charge on any atom is -0.228 e. The monoisotopic (exact) mass is 250 g/mol. The van der Waals surface area contributed by atoms with Crippen LogP contribution in [0.15, 0.2) is 23.2 Å². The summed E-state index contributed by atoms with van der Waals surface area (Å²) in [5.74, 6) is -1.04. The van der Waals surface area contributed by atoms with Gasteiger partial charge in [0, 0.05) is 0 Å². The fourth-order valence-electron chi connectivity index (χ4n) is 0.881. The van der Waals surface area contributed by atoms with E-state index >= 15 is 0 Å². The molecule has 0 atom stereocenters. The van der Waals surface area contributed by atoms with Gasteiger partial charge in [-0.1, -0.05) is 17.7 Å². The van der Waals surface area contributed by atoms with Gasteiger partial charge in [0.05, 0.1) is 5.56 Å². The van der Waals surface area contributed by atoms with E-state index in [4.69, 9.17) is 16.9 Å². The highest BCUT2D eigenvalue weighted by molar-refractivity contribution is 6.67. The highest BCUT2D eigenvalue weighted by Gasteiger charge is 2.35. The van der Waals surface area contributed by atoms with Gasteiger partial charge in [-0.2, -0.15) is 18.4 Å². The highest BCUT2D eigenvalue weighted by Crippen LogP contribution is 2.27. The molecule has 1 rings (SSSR count). The fourth-order valence-corrected chi connectivity index (χ4v) is 0.965. The first kappa shape index (κ1) is 12.5. The van der Waals surface area contributed by atoms with E-state index in [2.05, 4.69) is 4.99 Å². The first-order valence-electron chi connectivity index (χ1n) is 3.86. The van der Waals surface area contributed by atoms with Crippen LogP contribution < -0.4 is 0 Å². The molecule has 0 N–H and O–H groups in total. The van der Waals surface area contributed by atoms with Gasteiger partial charge in [-0.05, 0) is 12.1 Å². The van der Waals surface area contributed by atoms with Crippen molar-refractivity contribution in [2.45, 2.75) is 6.18 Å². The Labute approximate surface area is 92.8 Å². The summed E-state index contributed by atoms with van der Waals surface area (Å²) < 4.78 is 49.2. The molecule has 0 aliphatic carbocycles. The molecular weight excluding hydrogens is 248 g/mol. The largest absolute Gasteiger partial charge is 0.444 e. The Bertz CT molecular complexity index is 473. The van der Waals surface area contributed by atoms with Gasteiger partial charge in [0.2, 0.25) is 5.17 Å². The molecule has 16 heavy (non-hydrogen) atoms. The first-order valence-corrected chi connectivity index (χ1v) is 4.24. The molecule has 0 saturated heterocycles. The molecule has 1 aromatic rings. The van der Waals surface area contributed by atoms with E-state index in [1.165, 1.54) is 12.1 Å². The Morgan fingerprint density at radius 2 is 2.00 bits per heavy atom. The molecule has 2 nitrogen and oxygen atoms in total. The van der Waals surface area contributed by atoms with Gasteiger partial charge in [-0.25, -0.2) is 9.38 Å². The maximum atomic E-state index is 13.1. The van der Waals surface area contributed by atoms with Gasteiger partial charge in [-0.15, -0.1) is 0 Å². The van der Waals surface area contributed by atoms with Crippen LogP contribution in [0.25, 0.3) is 0 Å². The van der Waals surface area contributed by atoms with E-state index in [1.807, 2.05) is 0 Å². The topological polar surface area (TPSA) is 36.1 Å². The third kappa shape index (κ3) is 2.70. The number of benzene rings is 1. The molecule has 0 saturated carbocycles. The summed E-state index contributed by atoms with van der Waals surface area (Å²) in [4.78, 5) is 2.86. The van der Waals surface area contributed by atoms with Crippen LogP contribution in [0.2, 0.25) is 0 Å². The molecule has 0 unspecified atom stereocenters. The minimum absolute atomic E-state index is 0.317. The van der Waals surface area contributed by atoms with E-state index in [-0.39, 0.29) is 5.56 Å². The minimum atomic E-state index is -4.86. The van der Waals surface area contributed by atoms with Gasteiger partial charge < -0.3 is 0 Å². The number of nitrogens with zero attached hydrogens (tertiary/aromatic N) is 2. The lowest BCUT2D eigenvalue weighted by Gasteiger charge is -2.04. The molecule has 1 aromatic carbocycles. The average molecular weight is 251 g/mol. The molecule has 0 spiro atoms. The lowest BCUT2D eigenvalue weighted by atomic mass is 10.2. The lowest BCUT2D eigenvalue weighted by molar-refractivity contribution is -0.0558. The number of aliphatic imine (C=N–C) groups is 1. The zero-order valence-electron chi connectivity index (χ0n) is 7.52. The van der Waals surface area contributed by atoms with Crippen molar-refractivity contribution in [1.29, 1.82) is 5.26 Å². The third-order valence-corrected chi connectivity index (χ3v) is 1.85. The quantitative estimate of drug-likeness (QED) is 0.555. The van der Waals surface area contributed by atoms with Crippen molar-refractivity contribution < 1.29 is 17.6 Å². The van der Waals surface area contributed by atoms with E-state index in [0.717, 1.165) is 12.1 Å². The van der Waals surface area contributed by atoms with Crippen molar-refractivity contribution >= 4 is 22.5 Å². The van der Waals surface area contributed by atoms with Gasteiger partial charge in [0.15, 0.2) is 0 Å². The van der Waals surface area contributed by atoms with Crippen molar-refractivity contribution in [2.75, 3.05) is 0 Å². The van der Waals surface area contributed by atoms with Gasteiger partial charge in [0.1, 0.15) is 17.6 Å². The Morgan fingerprint density at radius 3 is 2.50 bits per heavy atom. The molecule has 0 heterocycles. The lowest BCUT2D eigenvalue weighted by Crippen LogP contribution is -2.16. The molecule has 0 fully saturated rings. The molecule has 0 aliphatic rings. The van der Waals surface area contributed by atoms with Crippen LogP contribution in [0.5, 0.6) is 0 Å². The number of rotatable bonds is 1. The van der Waals surface area contributed by atoms with Crippen LogP contribution in [0, 0.1) is 17.1 Å². The first-order chi connectivity index (χ1) is 7.36. The number of alkyl halides is 3. The van der Waals surface area contributed by atoms with Crippen LogP contribution in [0.1, 0.15) is 5.56 Å². The molecule has 0 aliphatic heterocycles. The SMILES string of the molecule is N#Cc1cccc(F)c1N=C(Cl)C(F)(F)F. The Kier molecular flexibility index (Phi) is 3.50. The molecule has 0 amide bonds. The third-order valence-electron chi connectivity index (χ3n) is 1.55. The van der Waals surface area contributed by atoms with E-state index in [9.17, 15) is 17.6 Å². The second kappa shape index (κ2) is 4.49. The van der Waals surface area contributed by atoms with Crippen molar-refractivity contribution in [2.24, 2.45) is 4.99 Å². The van der Waals surface area contributed by atoms with Gasteiger partial charge in [0.25, 0.3) is 0 Å². The van der Waals surface area contributed by atoms with Crippen LogP contribution in [-0.4, -0.2) is 11.3 Å². The van der Waals surface area contributed by atoms with E-state index in [0.29, 0.717) is 0 Å². The second-order valence-electron chi connectivity index (χ2n) is 2.65. The van der Waals surface area contributed by atoms with Gasteiger partial charge in [-0.3, -0.25) is 0 Å².